The Hall–Kier alpha value is -3.62. The molecule has 174 valence electrons. The summed E-state index contributed by atoms with van der Waals surface area (Å²) in [6.07, 6.45) is 0. The second-order valence-corrected chi connectivity index (χ2v) is 8.98. The molecule has 33 heavy (non-hydrogen) atoms. The molecule has 2 aromatic carbocycles. The third kappa shape index (κ3) is 4.48. The van der Waals surface area contributed by atoms with Gasteiger partial charge in [-0.15, -0.1) is 0 Å². The van der Waals surface area contributed by atoms with Gasteiger partial charge in [0.05, 0.1) is 29.7 Å². The Morgan fingerprint density at radius 3 is 2.61 bits per heavy atom. The lowest BCUT2D eigenvalue weighted by atomic mass is 10.3. The van der Waals surface area contributed by atoms with Crippen molar-refractivity contribution in [2.75, 3.05) is 31.6 Å². The molecule has 1 N–H and O–H groups in total. The van der Waals surface area contributed by atoms with E-state index in [0.29, 0.717) is 0 Å². The van der Waals surface area contributed by atoms with E-state index in [-0.39, 0.29) is 48.8 Å². The Morgan fingerprint density at radius 1 is 1.18 bits per heavy atom. The van der Waals surface area contributed by atoms with Crippen LogP contribution in [0.15, 0.2) is 50.5 Å². The second kappa shape index (κ2) is 8.73. The highest BCUT2D eigenvalue weighted by Crippen LogP contribution is 2.24. The molecule has 14 heteroatoms. The summed E-state index contributed by atoms with van der Waals surface area (Å²) < 4.78 is 52.0. The zero-order valence-corrected chi connectivity index (χ0v) is 17.7. The number of morpholine rings is 1. The third-order valence-electron chi connectivity index (χ3n) is 4.97. The largest absolute Gasteiger partial charge is 0.420 e. The van der Waals surface area contributed by atoms with Gasteiger partial charge in [-0.3, -0.25) is 19.5 Å². The maximum absolute atomic E-state index is 14.3. The minimum Gasteiger partial charge on any atom is -0.407 e. The first-order valence-corrected chi connectivity index (χ1v) is 11.1. The van der Waals surface area contributed by atoms with Crippen LogP contribution in [0.4, 0.5) is 15.8 Å². The summed E-state index contributed by atoms with van der Waals surface area (Å²) in [6.45, 7) is 0.00819. The highest BCUT2D eigenvalue weighted by Gasteiger charge is 2.29. The van der Waals surface area contributed by atoms with Crippen molar-refractivity contribution in [3.63, 3.8) is 0 Å². The van der Waals surface area contributed by atoms with E-state index in [1.54, 1.807) is 0 Å². The van der Waals surface area contributed by atoms with Crippen molar-refractivity contribution in [1.82, 2.24) is 8.87 Å². The zero-order chi connectivity index (χ0) is 23.8. The molecule has 0 spiro atoms. The van der Waals surface area contributed by atoms with Crippen LogP contribution in [0.1, 0.15) is 0 Å². The third-order valence-corrected chi connectivity index (χ3v) is 6.88. The number of nitro benzene ring substituents is 1. The number of anilines is 1. The fourth-order valence-electron chi connectivity index (χ4n) is 3.37. The van der Waals surface area contributed by atoms with Crippen LogP contribution in [0.3, 0.4) is 0 Å². The molecule has 1 fully saturated rings. The summed E-state index contributed by atoms with van der Waals surface area (Å²) in [5.41, 5.74) is -0.184. The van der Waals surface area contributed by atoms with E-state index in [1.165, 1.54) is 12.1 Å². The maximum Gasteiger partial charge on any atom is 0.420 e. The number of benzene rings is 2. The number of carbonyl (C=O) groups is 1. The molecule has 0 bridgehead atoms. The summed E-state index contributed by atoms with van der Waals surface area (Å²) in [7, 11) is -4.15. The standard InChI is InChI=1S/C19H17FN4O8S/c20-14-3-1-12(9-17(14)33(29,30)22-5-7-31-8-6-22)21-18(25)11-23-15-4-2-13(24(27)28)10-16(15)32-19(23)26/h1-4,9-10H,5-8,11H2,(H,21,25). The minimum atomic E-state index is -4.15. The van der Waals surface area contributed by atoms with Crippen LogP contribution < -0.4 is 11.1 Å². The van der Waals surface area contributed by atoms with Gasteiger partial charge in [-0.2, -0.15) is 4.31 Å². The number of oxazole rings is 1. The summed E-state index contributed by atoms with van der Waals surface area (Å²) in [4.78, 5) is 34.2. The number of non-ortho nitro benzene ring substituents is 1. The SMILES string of the molecule is O=C(Cn1c(=O)oc2cc([N+](=O)[O-])ccc21)Nc1ccc(F)c(S(=O)(=O)N2CCOCC2)c1. The van der Waals surface area contributed by atoms with Crippen LogP contribution in [0, 0.1) is 15.9 Å². The fourth-order valence-corrected chi connectivity index (χ4v) is 4.87. The van der Waals surface area contributed by atoms with Crippen molar-refractivity contribution in [2.45, 2.75) is 11.4 Å². The van der Waals surface area contributed by atoms with Crippen molar-refractivity contribution in [2.24, 2.45) is 0 Å². The number of sulfonamides is 1. The number of ether oxygens (including phenoxy) is 1. The van der Waals surface area contributed by atoms with Gasteiger partial charge < -0.3 is 14.5 Å². The molecule has 0 atom stereocenters. The van der Waals surface area contributed by atoms with Crippen LogP contribution in [0.5, 0.6) is 0 Å². The molecule has 1 saturated heterocycles. The maximum atomic E-state index is 14.3. The van der Waals surface area contributed by atoms with E-state index in [4.69, 9.17) is 9.15 Å². The molecule has 1 aliphatic rings. The van der Waals surface area contributed by atoms with E-state index < -0.39 is 43.9 Å². The van der Waals surface area contributed by atoms with E-state index >= 15 is 0 Å². The smallest absolute Gasteiger partial charge is 0.407 e. The van der Waals surface area contributed by atoms with E-state index in [1.807, 2.05) is 0 Å². The second-order valence-electron chi connectivity index (χ2n) is 7.07. The first kappa shape index (κ1) is 22.6. The van der Waals surface area contributed by atoms with Gasteiger partial charge in [0.15, 0.2) is 5.58 Å². The lowest BCUT2D eigenvalue weighted by molar-refractivity contribution is -0.384. The Kier molecular flexibility index (Phi) is 5.97. The molecule has 12 nitrogen and oxygen atoms in total. The van der Waals surface area contributed by atoms with Gasteiger partial charge in [0.2, 0.25) is 15.9 Å². The molecule has 0 aliphatic carbocycles. The number of rotatable bonds is 6. The number of nitrogens with zero attached hydrogens (tertiary/aromatic N) is 3. The Morgan fingerprint density at radius 2 is 1.91 bits per heavy atom. The average molecular weight is 480 g/mol. The molecule has 3 aromatic rings. The van der Waals surface area contributed by atoms with E-state index in [0.717, 1.165) is 33.1 Å². The number of halogens is 1. The minimum absolute atomic E-state index is 0.00437. The van der Waals surface area contributed by atoms with Crippen molar-refractivity contribution < 1.29 is 31.7 Å². The molecule has 1 aromatic heterocycles. The number of hydrogen-bond acceptors (Lipinski definition) is 8. The number of hydrogen-bond donors (Lipinski definition) is 1. The predicted octanol–water partition coefficient (Wildman–Crippen LogP) is 1.30. The first-order valence-electron chi connectivity index (χ1n) is 9.62. The number of nitro groups is 1. The lowest BCUT2D eigenvalue weighted by Crippen LogP contribution is -2.40. The van der Waals surface area contributed by atoms with Crippen LogP contribution in [0.25, 0.3) is 11.1 Å². The van der Waals surface area contributed by atoms with E-state index in [2.05, 4.69) is 5.32 Å². The van der Waals surface area contributed by atoms with Gasteiger partial charge >= 0.3 is 5.76 Å². The monoisotopic (exact) mass is 480 g/mol. The first-order chi connectivity index (χ1) is 15.7. The van der Waals surface area contributed by atoms with Crippen LogP contribution in [0.2, 0.25) is 0 Å². The number of carbonyl (C=O) groups excluding carboxylic acids is 1. The molecule has 1 aliphatic heterocycles. The molecular weight excluding hydrogens is 463 g/mol. The van der Waals surface area contributed by atoms with Crippen molar-refractivity contribution in [1.29, 1.82) is 0 Å². The predicted molar refractivity (Wildman–Crippen MR) is 112 cm³/mol. The number of aromatic nitrogens is 1. The highest BCUT2D eigenvalue weighted by molar-refractivity contribution is 7.89. The van der Waals surface area contributed by atoms with Gasteiger partial charge in [0.1, 0.15) is 17.3 Å². The van der Waals surface area contributed by atoms with Crippen molar-refractivity contribution >= 4 is 38.4 Å². The van der Waals surface area contributed by atoms with Crippen LogP contribution in [-0.4, -0.2) is 54.4 Å². The van der Waals surface area contributed by atoms with Gasteiger partial charge in [-0.25, -0.2) is 17.6 Å². The van der Waals surface area contributed by atoms with Crippen LogP contribution in [-0.2, 0) is 26.1 Å². The Balaban J connectivity index is 1.56. The lowest BCUT2D eigenvalue weighted by Gasteiger charge is -2.26. The van der Waals surface area contributed by atoms with Crippen LogP contribution >= 0.6 is 0 Å². The molecular formula is C19H17FN4O8S. The van der Waals surface area contributed by atoms with Crippen molar-refractivity contribution in [3.8, 4) is 0 Å². The average Bonchev–Trinajstić information content (AvgIpc) is 3.09. The molecule has 0 saturated carbocycles. The Bertz CT molecular complexity index is 1410. The molecule has 0 unspecified atom stereocenters. The van der Waals surface area contributed by atoms with E-state index in [9.17, 15) is 32.5 Å². The normalized spacial score (nSPS) is 14.9. The van der Waals surface area contributed by atoms with Gasteiger partial charge in [0, 0.05) is 24.8 Å². The quantitative estimate of drug-likeness (QED) is 0.409. The fraction of sp³-hybridized carbons (Fsp3) is 0.263. The number of fused-ring (bicyclic) bond motifs is 1. The number of amides is 1. The summed E-state index contributed by atoms with van der Waals surface area (Å²) in [5.74, 6) is -2.60. The Labute approximate surface area is 185 Å². The molecule has 0 radical (unpaired) electrons. The molecule has 2 heterocycles. The zero-order valence-electron chi connectivity index (χ0n) is 16.9. The van der Waals surface area contributed by atoms with Gasteiger partial charge in [-0.1, -0.05) is 0 Å². The highest BCUT2D eigenvalue weighted by atomic mass is 32.2. The summed E-state index contributed by atoms with van der Waals surface area (Å²) >= 11 is 0. The molecule has 4 rings (SSSR count). The molecule has 1 amide bonds. The van der Waals surface area contributed by atoms with Gasteiger partial charge in [-0.05, 0) is 24.3 Å². The summed E-state index contributed by atoms with van der Waals surface area (Å²) in [6, 6.07) is 6.60. The van der Waals surface area contributed by atoms with Gasteiger partial charge in [0.25, 0.3) is 5.69 Å². The van der Waals surface area contributed by atoms with Crippen molar-refractivity contribution in [3.05, 3.63) is 62.9 Å². The number of nitrogens with one attached hydrogen (secondary N) is 1. The topological polar surface area (TPSA) is 154 Å². The summed E-state index contributed by atoms with van der Waals surface area (Å²) in [5, 5.41) is 13.3.